The molecule has 0 spiro atoms. The Morgan fingerprint density at radius 2 is 1.75 bits per heavy atom. The second-order valence-electron chi connectivity index (χ2n) is 6.65. The Morgan fingerprint density at radius 3 is 2.25 bits per heavy atom. The van der Waals surface area contributed by atoms with Crippen molar-refractivity contribution in [2.24, 2.45) is 0 Å². The van der Waals surface area contributed by atoms with Crippen molar-refractivity contribution >= 4 is 0 Å². The fraction of sp³-hybridized carbons (Fsp3) is 0.667. The van der Waals surface area contributed by atoms with Crippen molar-refractivity contribution in [3.05, 3.63) is 34.9 Å². The molecule has 0 aliphatic carbocycles. The second kappa shape index (κ2) is 7.80. The minimum atomic E-state index is -0.0765. The van der Waals surface area contributed by atoms with Gasteiger partial charge < -0.3 is 10.1 Å². The first-order valence-electron chi connectivity index (χ1n) is 7.76. The fourth-order valence-electron chi connectivity index (χ4n) is 2.31. The topological polar surface area (TPSA) is 21.3 Å². The van der Waals surface area contributed by atoms with E-state index in [1.807, 2.05) is 0 Å². The molecular weight excluding hydrogens is 246 g/mol. The first-order valence-corrected chi connectivity index (χ1v) is 7.76. The molecule has 1 aromatic rings. The molecule has 0 aliphatic heterocycles. The van der Waals surface area contributed by atoms with Crippen molar-refractivity contribution in [3.63, 3.8) is 0 Å². The monoisotopic (exact) mass is 277 g/mol. The van der Waals surface area contributed by atoms with E-state index in [0.29, 0.717) is 6.04 Å². The number of ether oxygens (including phenoxy) is 1. The van der Waals surface area contributed by atoms with Crippen LogP contribution in [0.3, 0.4) is 0 Å². The van der Waals surface area contributed by atoms with E-state index in [2.05, 4.69) is 65.1 Å². The molecule has 0 saturated heterocycles. The number of nitrogens with one attached hydrogen (secondary N) is 1. The summed E-state index contributed by atoms with van der Waals surface area (Å²) in [7, 11) is 0. The van der Waals surface area contributed by atoms with Gasteiger partial charge in [-0.25, -0.2) is 0 Å². The van der Waals surface area contributed by atoms with Gasteiger partial charge in [-0.3, -0.25) is 0 Å². The Hall–Kier alpha value is -0.860. The molecule has 2 heteroatoms. The smallest absolute Gasteiger partial charge is 0.0629 e. The molecule has 0 fully saturated rings. The number of hydrogen-bond donors (Lipinski definition) is 1. The number of benzene rings is 1. The molecule has 2 nitrogen and oxygen atoms in total. The second-order valence-corrected chi connectivity index (χ2v) is 6.65. The minimum absolute atomic E-state index is 0.0765. The van der Waals surface area contributed by atoms with E-state index in [0.717, 1.165) is 26.0 Å². The van der Waals surface area contributed by atoms with Crippen molar-refractivity contribution in [3.8, 4) is 0 Å². The summed E-state index contributed by atoms with van der Waals surface area (Å²) in [6, 6.07) is 6.91. The first-order chi connectivity index (χ1) is 9.33. The lowest BCUT2D eigenvalue weighted by Gasteiger charge is -2.26. The highest BCUT2D eigenvalue weighted by Crippen LogP contribution is 2.17. The van der Waals surface area contributed by atoms with Crippen LogP contribution in [0.2, 0.25) is 0 Å². The van der Waals surface area contributed by atoms with Crippen molar-refractivity contribution in [1.29, 1.82) is 0 Å². The number of aryl methyl sites for hydroxylation is 2. The summed E-state index contributed by atoms with van der Waals surface area (Å²) in [5.74, 6) is 0. The molecule has 0 amide bonds. The van der Waals surface area contributed by atoms with Crippen LogP contribution < -0.4 is 5.32 Å². The zero-order valence-corrected chi connectivity index (χ0v) is 14.0. The van der Waals surface area contributed by atoms with Gasteiger partial charge in [-0.1, -0.05) is 25.1 Å². The van der Waals surface area contributed by atoms with Gasteiger partial charge in [0.2, 0.25) is 0 Å². The third-order valence-corrected chi connectivity index (χ3v) is 3.50. The lowest BCUT2D eigenvalue weighted by atomic mass is 9.96. The average Bonchev–Trinajstić information content (AvgIpc) is 2.35. The van der Waals surface area contributed by atoms with Crippen LogP contribution in [0.5, 0.6) is 0 Å². The molecule has 114 valence electrons. The average molecular weight is 277 g/mol. The Bertz CT molecular complexity index is 386. The van der Waals surface area contributed by atoms with Gasteiger partial charge >= 0.3 is 0 Å². The molecule has 0 bridgehead atoms. The van der Waals surface area contributed by atoms with Gasteiger partial charge in [0, 0.05) is 6.04 Å². The summed E-state index contributed by atoms with van der Waals surface area (Å²) in [6.45, 7) is 14.7. The lowest BCUT2D eigenvalue weighted by molar-refractivity contribution is -0.0143. The van der Waals surface area contributed by atoms with Gasteiger partial charge in [0.15, 0.2) is 0 Å². The molecule has 0 aliphatic rings. The van der Waals surface area contributed by atoms with E-state index < -0.39 is 0 Å². The van der Waals surface area contributed by atoms with E-state index >= 15 is 0 Å². The normalized spacial score (nSPS) is 13.5. The quantitative estimate of drug-likeness (QED) is 0.812. The first kappa shape index (κ1) is 17.2. The highest BCUT2D eigenvalue weighted by atomic mass is 16.5. The summed E-state index contributed by atoms with van der Waals surface area (Å²) in [4.78, 5) is 0. The molecule has 1 aromatic carbocycles. The predicted molar refractivity (Wildman–Crippen MR) is 87.4 cm³/mol. The maximum atomic E-state index is 5.98. The van der Waals surface area contributed by atoms with E-state index in [1.54, 1.807) is 0 Å². The largest absolute Gasteiger partial charge is 0.374 e. The van der Waals surface area contributed by atoms with E-state index in [1.165, 1.54) is 16.7 Å². The van der Waals surface area contributed by atoms with Gasteiger partial charge in [-0.15, -0.1) is 0 Å². The zero-order valence-electron chi connectivity index (χ0n) is 14.0. The SMILES string of the molecule is CCCNC(COC(C)(C)C)Cc1c(C)cccc1C. The Morgan fingerprint density at radius 1 is 1.15 bits per heavy atom. The van der Waals surface area contributed by atoms with Crippen LogP contribution in [-0.2, 0) is 11.2 Å². The minimum Gasteiger partial charge on any atom is -0.374 e. The van der Waals surface area contributed by atoms with Crippen molar-refractivity contribution in [2.75, 3.05) is 13.2 Å². The molecule has 1 unspecified atom stereocenters. The predicted octanol–water partition coefficient (Wildman–Crippen LogP) is 4.03. The van der Waals surface area contributed by atoms with Crippen LogP contribution in [0.4, 0.5) is 0 Å². The van der Waals surface area contributed by atoms with Crippen molar-refractivity contribution < 1.29 is 4.74 Å². The van der Waals surface area contributed by atoms with Crippen LogP contribution in [0.15, 0.2) is 18.2 Å². The lowest BCUT2D eigenvalue weighted by Crippen LogP contribution is -2.39. The summed E-state index contributed by atoms with van der Waals surface area (Å²) in [6.07, 6.45) is 2.19. The molecule has 1 rings (SSSR count). The molecular formula is C18H31NO. The standard InChI is InChI=1S/C18H31NO/c1-7-11-19-16(13-20-18(4,5)6)12-17-14(2)9-8-10-15(17)3/h8-10,16,19H,7,11-13H2,1-6H3. The van der Waals surface area contributed by atoms with E-state index in [9.17, 15) is 0 Å². The van der Waals surface area contributed by atoms with Crippen LogP contribution in [0.1, 0.15) is 50.8 Å². The number of hydrogen-bond acceptors (Lipinski definition) is 2. The Kier molecular flexibility index (Phi) is 6.70. The maximum absolute atomic E-state index is 5.98. The molecule has 0 heterocycles. The van der Waals surface area contributed by atoms with Crippen molar-refractivity contribution in [1.82, 2.24) is 5.32 Å². The van der Waals surface area contributed by atoms with Gasteiger partial charge in [-0.2, -0.15) is 0 Å². The number of rotatable bonds is 7. The third-order valence-electron chi connectivity index (χ3n) is 3.50. The highest BCUT2D eigenvalue weighted by Gasteiger charge is 2.17. The molecule has 0 radical (unpaired) electrons. The molecule has 0 aromatic heterocycles. The van der Waals surface area contributed by atoms with Crippen LogP contribution in [-0.4, -0.2) is 24.8 Å². The summed E-state index contributed by atoms with van der Waals surface area (Å²) < 4.78 is 5.98. The van der Waals surface area contributed by atoms with Crippen LogP contribution in [0, 0.1) is 13.8 Å². The van der Waals surface area contributed by atoms with E-state index in [-0.39, 0.29) is 5.60 Å². The molecule has 1 atom stereocenters. The molecule has 20 heavy (non-hydrogen) atoms. The zero-order chi connectivity index (χ0) is 15.2. The Balaban J connectivity index is 2.73. The molecule has 1 N–H and O–H groups in total. The fourth-order valence-corrected chi connectivity index (χ4v) is 2.31. The summed E-state index contributed by atoms with van der Waals surface area (Å²) >= 11 is 0. The highest BCUT2D eigenvalue weighted by molar-refractivity contribution is 5.34. The molecule has 0 saturated carbocycles. The van der Waals surface area contributed by atoms with Crippen molar-refractivity contribution in [2.45, 2.75) is 66.0 Å². The van der Waals surface area contributed by atoms with Gasteiger partial charge in [-0.05, 0) is 70.7 Å². The summed E-state index contributed by atoms with van der Waals surface area (Å²) in [5, 5.41) is 3.62. The van der Waals surface area contributed by atoms with Crippen LogP contribution >= 0.6 is 0 Å². The van der Waals surface area contributed by atoms with Gasteiger partial charge in [0.05, 0.1) is 12.2 Å². The Labute approximate surface area is 124 Å². The summed E-state index contributed by atoms with van der Waals surface area (Å²) in [5.41, 5.74) is 4.14. The van der Waals surface area contributed by atoms with Gasteiger partial charge in [0.25, 0.3) is 0 Å². The maximum Gasteiger partial charge on any atom is 0.0629 e. The van der Waals surface area contributed by atoms with Gasteiger partial charge in [0.1, 0.15) is 0 Å². The van der Waals surface area contributed by atoms with Crippen LogP contribution in [0.25, 0.3) is 0 Å². The third kappa shape index (κ3) is 6.06. The van der Waals surface area contributed by atoms with E-state index in [4.69, 9.17) is 4.74 Å².